The third-order valence-electron chi connectivity index (χ3n) is 3.02. The highest BCUT2D eigenvalue weighted by molar-refractivity contribution is 5.96. The Bertz CT molecular complexity index is 472. The summed E-state index contributed by atoms with van der Waals surface area (Å²) in [5.41, 5.74) is 2.32. The topological polar surface area (TPSA) is 41.1 Å². The molecule has 0 aliphatic heterocycles. The van der Waals surface area contributed by atoms with E-state index in [2.05, 4.69) is 10.6 Å². The minimum Gasteiger partial charge on any atom is -0.385 e. The van der Waals surface area contributed by atoms with Crippen LogP contribution in [0.5, 0.6) is 0 Å². The number of halogens is 3. The van der Waals surface area contributed by atoms with Gasteiger partial charge in [0, 0.05) is 30.8 Å². The number of hydrogen-bond donors (Lipinski definition) is 2. The lowest BCUT2D eigenvalue weighted by Crippen LogP contribution is -2.25. The molecule has 0 atom stereocenters. The first kappa shape index (κ1) is 17.3. The van der Waals surface area contributed by atoms with Gasteiger partial charge in [-0.05, 0) is 50.5 Å². The van der Waals surface area contributed by atoms with Gasteiger partial charge < -0.3 is 10.6 Å². The van der Waals surface area contributed by atoms with Crippen molar-refractivity contribution in [2.24, 2.45) is 0 Å². The van der Waals surface area contributed by atoms with E-state index in [0.29, 0.717) is 12.0 Å². The monoisotopic (exact) mass is 302 g/mol. The number of carbonyl (C=O) groups is 1. The Hall–Kier alpha value is -1.72. The van der Waals surface area contributed by atoms with Crippen LogP contribution in [-0.4, -0.2) is 25.2 Å². The summed E-state index contributed by atoms with van der Waals surface area (Å²) in [6, 6.07) is 5.41. The summed E-state index contributed by atoms with van der Waals surface area (Å²) >= 11 is 0. The van der Waals surface area contributed by atoms with E-state index in [1.54, 1.807) is 6.07 Å². The molecule has 3 nitrogen and oxygen atoms in total. The predicted octanol–water partition coefficient (Wildman–Crippen LogP) is 3.89. The summed E-state index contributed by atoms with van der Waals surface area (Å²) in [6.45, 7) is 4.86. The Morgan fingerprint density at radius 2 is 1.95 bits per heavy atom. The third kappa shape index (κ3) is 6.51. The normalized spacial score (nSPS) is 11.3. The Kier molecular flexibility index (Phi) is 6.52. The van der Waals surface area contributed by atoms with E-state index >= 15 is 0 Å². The summed E-state index contributed by atoms with van der Waals surface area (Å²) in [4.78, 5) is 11.9. The number of hydrogen-bond acceptors (Lipinski definition) is 2. The number of benzene rings is 1. The van der Waals surface area contributed by atoms with Crippen molar-refractivity contribution in [1.29, 1.82) is 0 Å². The Balaban J connectivity index is 2.42. The van der Waals surface area contributed by atoms with Crippen LogP contribution in [0.25, 0.3) is 0 Å². The quantitative estimate of drug-likeness (QED) is 0.750. The smallest absolute Gasteiger partial charge is 0.385 e. The highest BCUT2D eigenvalue weighted by Gasteiger charge is 2.25. The molecule has 1 aromatic carbocycles. The fourth-order valence-corrected chi connectivity index (χ4v) is 1.98. The average molecular weight is 302 g/mol. The number of alkyl halides is 3. The lowest BCUT2D eigenvalue weighted by Gasteiger charge is -2.10. The van der Waals surface area contributed by atoms with Gasteiger partial charge in [-0.2, -0.15) is 13.2 Å². The number of rotatable bonds is 7. The third-order valence-corrected chi connectivity index (χ3v) is 3.02. The molecular weight excluding hydrogens is 281 g/mol. The first-order valence-electron chi connectivity index (χ1n) is 7.03. The molecule has 0 heterocycles. The van der Waals surface area contributed by atoms with E-state index in [9.17, 15) is 18.0 Å². The maximum absolute atomic E-state index is 12.0. The lowest BCUT2D eigenvalue weighted by molar-refractivity contribution is -0.135. The minimum absolute atomic E-state index is 0.0299. The highest BCUT2D eigenvalue weighted by atomic mass is 19.4. The Morgan fingerprint density at radius 1 is 1.24 bits per heavy atom. The zero-order chi connectivity index (χ0) is 15.9. The van der Waals surface area contributed by atoms with Crippen LogP contribution in [-0.2, 0) is 0 Å². The van der Waals surface area contributed by atoms with Crippen molar-refractivity contribution in [2.75, 3.05) is 18.4 Å². The Morgan fingerprint density at radius 3 is 2.52 bits per heavy atom. The van der Waals surface area contributed by atoms with Crippen molar-refractivity contribution < 1.29 is 18.0 Å². The molecule has 118 valence electrons. The molecule has 0 spiro atoms. The molecular formula is C15H21F3N2O. The van der Waals surface area contributed by atoms with Crippen molar-refractivity contribution >= 4 is 11.6 Å². The van der Waals surface area contributed by atoms with Gasteiger partial charge in [0.1, 0.15) is 0 Å². The van der Waals surface area contributed by atoms with Gasteiger partial charge in [0.05, 0.1) is 0 Å². The van der Waals surface area contributed by atoms with Crippen molar-refractivity contribution in [3.63, 3.8) is 0 Å². The average Bonchev–Trinajstić information content (AvgIpc) is 2.37. The van der Waals surface area contributed by atoms with Crippen LogP contribution in [0.15, 0.2) is 18.2 Å². The van der Waals surface area contributed by atoms with Gasteiger partial charge in [0.2, 0.25) is 0 Å². The molecule has 0 fully saturated rings. The van der Waals surface area contributed by atoms with E-state index in [1.807, 2.05) is 26.0 Å². The molecule has 1 aromatic rings. The van der Waals surface area contributed by atoms with Crippen LogP contribution in [0.4, 0.5) is 18.9 Å². The molecule has 0 aromatic heterocycles. The number of carbonyl (C=O) groups excluding carboxylic acids is 1. The van der Waals surface area contributed by atoms with Gasteiger partial charge in [-0.25, -0.2) is 0 Å². The molecule has 0 aliphatic carbocycles. The fraction of sp³-hybridized carbons (Fsp3) is 0.533. The van der Waals surface area contributed by atoms with E-state index in [-0.39, 0.29) is 18.9 Å². The van der Waals surface area contributed by atoms with Crippen molar-refractivity contribution in [1.82, 2.24) is 5.32 Å². The van der Waals surface area contributed by atoms with Crippen LogP contribution in [0.2, 0.25) is 0 Å². The molecule has 2 N–H and O–H groups in total. The molecule has 0 radical (unpaired) electrons. The van der Waals surface area contributed by atoms with Crippen molar-refractivity contribution in [3.8, 4) is 0 Å². The summed E-state index contributed by atoms with van der Waals surface area (Å²) in [6.07, 6.45) is -4.58. The standard InChI is InChI=1S/C15H21F3N2O/c1-3-19-12-6-7-13(11(2)10-12)14(21)20-9-5-4-8-15(16,17)18/h6-7,10,19H,3-5,8-9H2,1-2H3,(H,20,21). The number of anilines is 1. The van der Waals surface area contributed by atoms with Crippen LogP contribution in [0, 0.1) is 6.92 Å². The second-order valence-electron chi connectivity index (χ2n) is 4.89. The molecule has 0 aliphatic rings. The molecule has 6 heteroatoms. The fourth-order valence-electron chi connectivity index (χ4n) is 1.98. The van der Waals surface area contributed by atoms with Crippen LogP contribution in [0.1, 0.15) is 42.1 Å². The molecule has 1 amide bonds. The van der Waals surface area contributed by atoms with Gasteiger partial charge in [0.15, 0.2) is 0 Å². The van der Waals surface area contributed by atoms with Crippen LogP contribution in [0.3, 0.4) is 0 Å². The van der Waals surface area contributed by atoms with E-state index in [1.165, 1.54) is 0 Å². The first-order valence-corrected chi connectivity index (χ1v) is 7.03. The maximum atomic E-state index is 12.0. The summed E-state index contributed by atoms with van der Waals surface area (Å²) in [7, 11) is 0. The maximum Gasteiger partial charge on any atom is 0.389 e. The van der Waals surface area contributed by atoms with E-state index < -0.39 is 12.6 Å². The molecule has 0 saturated heterocycles. The molecule has 0 bridgehead atoms. The number of unbranched alkanes of at least 4 members (excludes halogenated alkanes) is 1. The Labute approximate surface area is 122 Å². The molecule has 21 heavy (non-hydrogen) atoms. The van der Waals surface area contributed by atoms with Gasteiger partial charge in [-0.1, -0.05) is 0 Å². The second kappa shape index (κ2) is 7.90. The summed E-state index contributed by atoms with van der Waals surface area (Å²) in [5.74, 6) is -0.248. The number of amides is 1. The zero-order valence-electron chi connectivity index (χ0n) is 12.3. The number of nitrogens with one attached hydrogen (secondary N) is 2. The summed E-state index contributed by atoms with van der Waals surface area (Å²) < 4.78 is 35.9. The van der Waals surface area contributed by atoms with Gasteiger partial charge in [-0.15, -0.1) is 0 Å². The highest BCUT2D eigenvalue weighted by Crippen LogP contribution is 2.22. The minimum atomic E-state index is -4.12. The van der Waals surface area contributed by atoms with Crippen LogP contribution < -0.4 is 10.6 Å². The van der Waals surface area contributed by atoms with Crippen molar-refractivity contribution in [2.45, 2.75) is 39.3 Å². The zero-order valence-corrected chi connectivity index (χ0v) is 12.3. The molecule has 0 unspecified atom stereocenters. The predicted molar refractivity (Wildman–Crippen MR) is 77.6 cm³/mol. The number of aryl methyl sites for hydroxylation is 1. The molecule has 0 saturated carbocycles. The van der Waals surface area contributed by atoms with Crippen LogP contribution >= 0.6 is 0 Å². The van der Waals surface area contributed by atoms with Gasteiger partial charge in [-0.3, -0.25) is 4.79 Å². The lowest BCUT2D eigenvalue weighted by atomic mass is 10.1. The van der Waals surface area contributed by atoms with E-state index in [0.717, 1.165) is 17.8 Å². The summed E-state index contributed by atoms with van der Waals surface area (Å²) in [5, 5.41) is 5.80. The van der Waals surface area contributed by atoms with E-state index in [4.69, 9.17) is 0 Å². The van der Waals surface area contributed by atoms with Gasteiger partial charge in [0.25, 0.3) is 5.91 Å². The van der Waals surface area contributed by atoms with Crippen molar-refractivity contribution in [3.05, 3.63) is 29.3 Å². The second-order valence-corrected chi connectivity index (χ2v) is 4.89. The SMILES string of the molecule is CCNc1ccc(C(=O)NCCCCC(F)(F)F)c(C)c1. The largest absolute Gasteiger partial charge is 0.389 e. The molecule has 1 rings (SSSR count). The van der Waals surface area contributed by atoms with Gasteiger partial charge >= 0.3 is 6.18 Å². The first-order chi connectivity index (χ1) is 9.83.